The van der Waals surface area contributed by atoms with E-state index in [1.54, 1.807) is 40.7 Å². The molecule has 0 bridgehead atoms. The first kappa shape index (κ1) is 14.5. The van der Waals surface area contributed by atoms with Gasteiger partial charge in [0.05, 0.1) is 6.61 Å². The maximum atomic E-state index is 12.1. The van der Waals surface area contributed by atoms with Gasteiger partial charge in [-0.3, -0.25) is 4.79 Å². The van der Waals surface area contributed by atoms with Crippen LogP contribution in [0.4, 0.5) is 4.79 Å². The lowest BCUT2D eigenvalue weighted by molar-refractivity contribution is -0.123. The third kappa shape index (κ3) is 4.05. The van der Waals surface area contributed by atoms with Crippen LogP contribution in [0, 0.1) is 0 Å². The van der Waals surface area contributed by atoms with E-state index in [1.165, 1.54) is 0 Å². The molecule has 102 valence electrons. The van der Waals surface area contributed by atoms with Gasteiger partial charge in [0.15, 0.2) is 5.76 Å². The van der Waals surface area contributed by atoms with Crippen LogP contribution in [0.3, 0.4) is 0 Å². The van der Waals surface area contributed by atoms with Gasteiger partial charge in [-0.1, -0.05) is 0 Å². The van der Waals surface area contributed by atoms with Crippen molar-refractivity contribution in [1.29, 1.82) is 0 Å². The van der Waals surface area contributed by atoms with Crippen LogP contribution in [-0.2, 0) is 14.3 Å². The molecule has 0 aromatic heterocycles. The molecule has 0 unspecified atom stereocenters. The first-order valence-electron chi connectivity index (χ1n) is 6.01. The van der Waals surface area contributed by atoms with Gasteiger partial charge in [0, 0.05) is 6.42 Å². The number of nitrogens with one attached hydrogen (secondary N) is 1. The Kier molecular flexibility index (Phi) is 4.04. The van der Waals surface area contributed by atoms with Crippen LogP contribution in [0.1, 0.15) is 41.0 Å². The molecular weight excluding hydrogens is 234 g/mol. The Bertz CT molecular complexity index is 377. The van der Waals surface area contributed by atoms with Crippen molar-refractivity contribution >= 4 is 11.9 Å². The number of hydrogen-bond donors (Lipinski definition) is 1. The van der Waals surface area contributed by atoms with Gasteiger partial charge in [-0.15, -0.1) is 0 Å². The fourth-order valence-electron chi connectivity index (χ4n) is 1.50. The number of ether oxygens (including phenoxy) is 2. The van der Waals surface area contributed by atoms with Crippen molar-refractivity contribution in [1.82, 2.24) is 5.32 Å². The van der Waals surface area contributed by atoms with Crippen molar-refractivity contribution < 1.29 is 19.1 Å². The normalized spacial score (nSPS) is 15.7. The summed E-state index contributed by atoms with van der Waals surface area (Å²) in [6, 6.07) is 0. The molecule has 0 aliphatic carbocycles. The summed E-state index contributed by atoms with van der Waals surface area (Å²) in [5, 5.41) is 2.56. The molecule has 0 saturated carbocycles. The average molecular weight is 255 g/mol. The largest absolute Gasteiger partial charge is 0.490 e. The standard InChI is InChI=1S/C13H21NO4/c1-12(2,3)18-11(16)14-13(4,5)10(15)9-7-6-8-17-9/h7H,6,8H2,1-5H3,(H,14,16). The number of carbonyl (C=O) groups is 2. The SMILES string of the molecule is CC(C)(C)OC(=O)NC(C)(C)C(=O)C1=CCCO1. The van der Waals surface area contributed by atoms with Crippen molar-refractivity contribution in [2.45, 2.75) is 52.2 Å². The van der Waals surface area contributed by atoms with E-state index in [4.69, 9.17) is 9.47 Å². The molecule has 0 spiro atoms. The molecule has 1 aliphatic heterocycles. The minimum atomic E-state index is -1.04. The Labute approximate surface area is 108 Å². The van der Waals surface area contributed by atoms with E-state index in [0.717, 1.165) is 6.42 Å². The highest BCUT2D eigenvalue weighted by atomic mass is 16.6. The molecule has 1 N–H and O–H groups in total. The van der Waals surface area contributed by atoms with Crippen molar-refractivity contribution in [3.63, 3.8) is 0 Å². The topological polar surface area (TPSA) is 64.6 Å². The lowest BCUT2D eigenvalue weighted by Gasteiger charge is -2.27. The van der Waals surface area contributed by atoms with Gasteiger partial charge in [0.1, 0.15) is 11.1 Å². The van der Waals surface area contributed by atoms with Crippen molar-refractivity contribution in [3.8, 4) is 0 Å². The molecular formula is C13H21NO4. The minimum absolute atomic E-state index is 0.245. The van der Waals surface area contributed by atoms with Crippen LogP contribution in [0.25, 0.3) is 0 Å². The molecule has 1 rings (SSSR count). The summed E-state index contributed by atoms with van der Waals surface area (Å²) in [4.78, 5) is 23.8. The Morgan fingerprint density at radius 1 is 1.28 bits per heavy atom. The summed E-state index contributed by atoms with van der Waals surface area (Å²) >= 11 is 0. The summed E-state index contributed by atoms with van der Waals surface area (Å²) < 4.78 is 10.3. The number of rotatable bonds is 3. The highest BCUT2D eigenvalue weighted by molar-refractivity contribution is 6.02. The second-order valence-corrected chi connectivity index (χ2v) is 5.79. The van der Waals surface area contributed by atoms with E-state index < -0.39 is 17.2 Å². The third-order valence-corrected chi connectivity index (χ3v) is 2.31. The van der Waals surface area contributed by atoms with Crippen LogP contribution in [0.5, 0.6) is 0 Å². The van der Waals surface area contributed by atoms with Gasteiger partial charge in [0.25, 0.3) is 0 Å². The van der Waals surface area contributed by atoms with Gasteiger partial charge in [-0.05, 0) is 40.7 Å². The van der Waals surface area contributed by atoms with Gasteiger partial charge in [0.2, 0.25) is 5.78 Å². The predicted octanol–water partition coefficient (Wildman–Crippen LogP) is 2.16. The summed E-state index contributed by atoms with van der Waals surface area (Å²) in [6.07, 6.45) is 1.85. The first-order chi connectivity index (χ1) is 8.12. The fraction of sp³-hybridized carbons (Fsp3) is 0.692. The van der Waals surface area contributed by atoms with Crippen LogP contribution in [0.15, 0.2) is 11.8 Å². The molecule has 0 aromatic carbocycles. The molecule has 5 heteroatoms. The minimum Gasteiger partial charge on any atom is -0.490 e. The van der Waals surface area contributed by atoms with E-state index in [9.17, 15) is 9.59 Å². The van der Waals surface area contributed by atoms with E-state index in [1.807, 2.05) is 0 Å². The summed E-state index contributed by atoms with van der Waals surface area (Å²) in [7, 11) is 0. The lowest BCUT2D eigenvalue weighted by atomic mass is 9.98. The van der Waals surface area contributed by atoms with E-state index in [0.29, 0.717) is 12.4 Å². The fourth-order valence-corrected chi connectivity index (χ4v) is 1.50. The molecule has 0 atom stereocenters. The Balaban J connectivity index is 2.63. The molecule has 0 aromatic rings. The van der Waals surface area contributed by atoms with Crippen LogP contribution in [-0.4, -0.2) is 29.6 Å². The number of ketones is 1. The highest BCUT2D eigenvalue weighted by Gasteiger charge is 2.35. The van der Waals surface area contributed by atoms with Crippen molar-refractivity contribution in [2.24, 2.45) is 0 Å². The smallest absolute Gasteiger partial charge is 0.408 e. The lowest BCUT2D eigenvalue weighted by Crippen LogP contribution is -2.51. The maximum Gasteiger partial charge on any atom is 0.408 e. The Morgan fingerprint density at radius 3 is 2.33 bits per heavy atom. The van der Waals surface area contributed by atoms with Crippen molar-refractivity contribution in [3.05, 3.63) is 11.8 Å². The van der Waals surface area contributed by atoms with E-state index in [2.05, 4.69) is 5.32 Å². The molecule has 0 saturated heterocycles. The number of hydrogen-bond acceptors (Lipinski definition) is 4. The van der Waals surface area contributed by atoms with Crippen LogP contribution in [0.2, 0.25) is 0 Å². The zero-order valence-corrected chi connectivity index (χ0v) is 11.6. The van der Waals surface area contributed by atoms with E-state index >= 15 is 0 Å². The summed E-state index contributed by atoms with van der Waals surface area (Å²) in [5.41, 5.74) is -1.63. The number of carbonyl (C=O) groups excluding carboxylic acids is 2. The maximum absolute atomic E-state index is 12.1. The van der Waals surface area contributed by atoms with Gasteiger partial charge < -0.3 is 14.8 Å². The zero-order chi connectivity index (χ0) is 14.0. The zero-order valence-electron chi connectivity index (χ0n) is 11.6. The highest BCUT2D eigenvalue weighted by Crippen LogP contribution is 2.18. The average Bonchev–Trinajstić information content (AvgIpc) is 2.64. The van der Waals surface area contributed by atoms with Crippen molar-refractivity contribution in [2.75, 3.05) is 6.61 Å². The first-order valence-corrected chi connectivity index (χ1v) is 6.01. The quantitative estimate of drug-likeness (QED) is 0.839. The molecule has 0 fully saturated rings. The Hall–Kier alpha value is -1.52. The summed E-state index contributed by atoms with van der Waals surface area (Å²) in [6.45, 7) is 9.07. The van der Waals surface area contributed by atoms with Gasteiger partial charge in [-0.2, -0.15) is 0 Å². The Morgan fingerprint density at radius 2 is 1.89 bits per heavy atom. The summed E-state index contributed by atoms with van der Waals surface area (Å²) in [5.74, 6) is 0.0712. The van der Waals surface area contributed by atoms with Gasteiger partial charge >= 0.3 is 6.09 Å². The molecule has 1 heterocycles. The molecule has 1 amide bonds. The molecule has 0 radical (unpaired) electrons. The second-order valence-electron chi connectivity index (χ2n) is 5.79. The monoisotopic (exact) mass is 255 g/mol. The third-order valence-electron chi connectivity index (χ3n) is 2.31. The number of alkyl carbamates (subject to hydrolysis) is 1. The molecule has 1 aliphatic rings. The molecule has 5 nitrogen and oxygen atoms in total. The number of amides is 1. The van der Waals surface area contributed by atoms with E-state index in [-0.39, 0.29) is 5.78 Å². The van der Waals surface area contributed by atoms with Crippen LogP contribution >= 0.6 is 0 Å². The van der Waals surface area contributed by atoms with Gasteiger partial charge in [-0.25, -0.2) is 4.79 Å². The predicted molar refractivity (Wildman–Crippen MR) is 67.1 cm³/mol. The number of Topliss-reactive ketones (excluding diaryl/α,β-unsaturated/α-hetero) is 1. The molecule has 18 heavy (non-hydrogen) atoms. The van der Waals surface area contributed by atoms with Crippen LogP contribution < -0.4 is 5.32 Å². The second kappa shape index (κ2) is 5.00.